The van der Waals surface area contributed by atoms with Crippen LogP contribution in [0.3, 0.4) is 0 Å². The second kappa shape index (κ2) is 8.09. The van der Waals surface area contributed by atoms with Crippen molar-refractivity contribution < 1.29 is 5.11 Å². The minimum atomic E-state index is -0.439. The number of unbranched alkanes of at least 4 members (excludes halogenated alkanes) is 2. The van der Waals surface area contributed by atoms with E-state index >= 15 is 0 Å². The Labute approximate surface area is 111 Å². The van der Waals surface area contributed by atoms with Crippen molar-refractivity contribution in [2.75, 3.05) is 18.0 Å². The number of aliphatic hydroxyl groups is 1. The SMILES string of the molecule is CCCCN(CCCC)c1ccc(C(C)O)cn1. The van der Waals surface area contributed by atoms with E-state index in [9.17, 15) is 5.11 Å². The molecule has 0 saturated carbocycles. The quantitative estimate of drug-likeness (QED) is 0.766. The Balaban J connectivity index is 2.70. The van der Waals surface area contributed by atoms with Crippen LogP contribution in [0.25, 0.3) is 0 Å². The van der Waals surface area contributed by atoms with E-state index in [1.165, 1.54) is 25.7 Å². The molecule has 0 aliphatic heterocycles. The summed E-state index contributed by atoms with van der Waals surface area (Å²) in [5.74, 6) is 1.03. The van der Waals surface area contributed by atoms with Crippen LogP contribution < -0.4 is 4.90 Å². The zero-order chi connectivity index (χ0) is 13.4. The van der Waals surface area contributed by atoms with Gasteiger partial charge in [-0.25, -0.2) is 4.98 Å². The van der Waals surface area contributed by atoms with Gasteiger partial charge < -0.3 is 10.0 Å². The van der Waals surface area contributed by atoms with Crippen LogP contribution in [0.5, 0.6) is 0 Å². The molecule has 1 rings (SSSR count). The topological polar surface area (TPSA) is 36.4 Å². The molecule has 1 unspecified atom stereocenters. The van der Waals surface area contributed by atoms with Gasteiger partial charge in [-0.1, -0.05) is 32.8 Å². The molecule has 0 amide bonds. The maximum absolute atomic E-state index is 9.48. The molecule has 0 aliphatic carbocycles. The van der Waals surface area contributed by atoms with Crippen LogP contribution in [0.1, 0.15) is 58.1 Å². The van der Waals surface area contributed by atoms with Crippen molar-refractivity contribution in [2.24, 2.45) is 0 Å². The lowest BCUT2D eigenvalue weighted by atomic mass is 10.2. The zero-order valence-corrected chi connectivity index (χ0v) is 11.9. The van der Waals surface area contributed by atoms with Crippen LogP contribution in [-0.4, -0.2) is 23.2 Å². The number of hydrogen-bond acceptors (Lipinski definition) is 3. The summed E-state index contributed by atoms with van der Waals surface area (Å²) in [6.45, 7) is 8.32. The Kier molecular flexibility index (Phi) is 6.73. The first kappa shape index (κ1) is 15.0. The molecule has 0 fully saturated rings. The summed E-state index contributed by atoms with van der Waals surface area (Å²) in [4.78, 5) is 6.82. The molecule has 0 radical (unpaired) electrons. The minimum absolute atomic E-state index is 0.439. The van der Waals surface area contributed by atoms with E-state index in [1.807, 2.05) is 12.1 Å². The summed E-state index contributed by atoms with van der Waals surface area (Å²) in [5.41, 5.74) is 0.879. The number of anilines is 1. The molecule has 18 heavy (non-hydrogen) atoms. The van der Waals surface area contributed by atoms with E-state index in [0.717, 1.165) is 24.5 Å². The highest BCUT2D eigenvalue weighted by molar-refractivity contribution is 5.39. The third kappa shape index (κ3) is 4.65. The number of aromatic nitrogens is 1. The van der Waals surface area contributed by atoms with Gasteiger partial charge in [0.25, 0.3) is 0 Å². The molecule has 1 aromatic rings. The first-order valence-corrected chi connectivity index (χ1v) is 7.08. The summed E-state index contributed by atoms with van der Waals surface area (Å²) in [6, 6.07) is 3.99. The second-order valence-electron chi connectivity index (χ2n) is 4.82. The Hall–Kier alpha value is -1.09. The number of aliphatic hydroxyl groups excluding tert-OH is 1. The van der Waals surface area contributed by atoms with E-state index in [2.05, 4.69) is 23.7 Å². The van der Waals surface area contributed by atoms with Crippen LogP contribution in [0.15, 0.2) is 18.3 Å². The van der Waals surface area contributed by atoms with Crippen molar-refractivity contribution in [1.29, 1.82) is 0 Å². The monoisotopic (exact) mass is 250 g/mol. The van der Waals surface area contributed by atoms with E-state index in [-0.39, 0.29) is 0 Å². The van der Waals surface area contributed by atoms with Crippen LogP contribution in [0.2, 0.25) is 0 Å². The molecular formula is C15H26N2O. The van der Waals surface area contributed by atoms with E-state index < -0.39 is 6.10 Å². The average Bonchev–Trinajstić information content (AvgIpc) is 2.39. The van der Waals surface area contributed by atoms with Gasteiger partial charge >= 0.3 is 0 Å². The largest absolute Gasteiger partial charge is 0.389 e. The molecule has 0 bridgehead atoms. The first-order valence-electron chi connectivity index (χ1n) is 7.08. The molecule has 0 aromatic carbocycles. The highest BCUT2D eigenvalue weighted by Gasteiger charge is 2.08. The fourth-order valence-electron chi connectivity index (χ4n) is 1.87. The molecule has 102 valence electrons. The van der Waals surface area contributed by atoms with Crippen molar-refractivity contribution in [3.63, 3.8) is 0 Å². The maximum Gasteiger partial charge on any atom is 0.128 e. The first-order chi connectivity index (χ1) is 8.69. The third-order valence-corrected chi connectivity index (χ3v) is 3.14. The van der Waals surface area contributed by atoms with Crippen molar-refractivity contribution in [2.45, 2.75) is 52.6 Å². The van der Waals surface area contributed by atoms with Crippen LogP contribution >= 0.6 is 0 Å². The number of nitrogens with zero attached hydrogens (tertiary/aromatic N) is 2. The van der Waals surface area contributed by atoms with Crippen LogP contribution in [0, 0.1) is 0 Å². The van der Waals surface area contributed by atoms with Gasteiger partial charge in [-0.05, 0) is 31.4 Å². The number of rotatable bonds is 8. The predicted octanol–water partition coefficient (Wildman–Crippen LogP) is 3.54. The molecule has 1 aromatic heterocycles. The predicted molar refractivity (Wildman–Crippen MR) is 76.9 cm³/mol. The van der Waals surface area contributed by atoms with Gasteiger partial charge in [-0.3, -0.25) is 0 Å². The molecular weight excluding hydrogens is 224 g/mol. The molecule has 1 atom stereocenters. The molecule has 0 saturated heterocycles. The summed E-state index contributed by atoms with van der Waals surface area (Å²) >= 11 is 0. The lowest BCUT2D eigenvalue weighted by Crippen LogP contribution is -2.26. The zero-order valence-electron chi connectivity index (χ0n) is 11.9. The molecule has 1 N–H and O–H groups in total. The fraction of sp³-hybridized carbons (Fsp3) is 0.667. The smallest absolute Gasteiger partial charge is 0.128 e. The van der Waals surface area contributed by atoms with E-state index in [4.69, 9.17) is 0 Å². The lowest BCUT2D eigenvalue weighted by molar-refractivity contribution is 0.199. The van der Waals surface area contributed by atoms with Crippen molar-refractivity contribution >= 4 is 5.82 Å². The molecule has 1 heterocycles. The minimum Gasteiger partial charge on any atom is -0.389 e. The maximum atomic E-state index is 9.48. The van der Waals surface area contributed by atoms with Gasteiger partial charge in [0.15, 0.2) is 0 Å². The Morgan fingerprint density at radius 3 is 2.17 bits per heavy atom. The normalized spacial score (nSPS) is 12.4. The van der Waals surface area contributed by atoms with Crippen LogP contribution in [0.4, 0.5) is 5.82 Å². The Bertz CT molecular complexity index is 314. The van der Waals surface area contributed by atoms with Crippen molar-refractivity contribution in [1.82, 2.24) is 4.98 Å². The fourth-order valence-corrected chi connectivity index (χ4v) is 1.87. The van der Waals surface area contributed by atoms with Gasteiger partial charge in [0.1, 0.15) is 5.82 Å². The molecule has 3 nitrogen and oxygen atoms in total. The van der Waals surface area contributed by atoms with Crippen molar-refractivity contribution in [3.8, 4) is 0 Å². The highest BCUT2D eigenvalue weighted by atomic mass is 16.3. The highest BCUT2D eigenvalue weighted by Crippen LogP contribution is 2.17. The van der Waals surface area contributed by atoms with Crippen molar-refractivity contribution in [3.05, 3.63) is 23.9 Å². The van der Waals surface area contributed by atoms with Crippen LogP contribution in [-0.2, 0) is 0 Å². The molecule has 3 heteroatoms. The Morgan fingerprint density at radius 2 is 1.78 bits per heavy atom. The van der Waals surface area contributed by atoms with Gasteiger partial charge in [-0.2, -0.15) is 0 Å². The average molecular weight is 250 g/mol. The van der Waals surface area contributed by atoms with E-state index in [1.54, 1.807) is 13.1 Å². The summed E-state index contributed by atoms with van der Waals surface area (Å²) in [7, 11) is 0. The summed E-state index contributed by atoms with van der Waals surface area (Å²) in [5, 5.41) is 9.48. The third-order valence-electron chi connectivity index (χ3n) is 3.14. The van der Waals surface area contributed by atoms with E-state index in [0.29, 0.717) is 0 Å². The number of pyridine rings is 1. The lowest BCUT2D eigenvalue weighted by Gasteiger charge is -2.23. The van der Waals surface area contributed by atoms with Gasteiger partial charge in [0.05, 0.1) is 6.10 Å². The Morgan fingerprint density at radius 1 is 1.17 bits per heavy atom. The standard InChI is InChI=1S/C15H26N2O/c1-4-6-10-17(11-7-5-2)15-9-8-14(12-16-15)13(3)18/h8-9,12-13,18H,4-7,10-11H2,1-3H3. The summed E-state index contributed by atoms with van der Waals surface area (Å²) in [6.07, 6.45) is 6.15. The molecule has 0 spiro atoms. The number of hydrogen-bond donors (Lipinski definition) is 1. The van der Waals surface area contributed by atoms with Gasteiger partial charge in [0.2, 0.25) is 0 Å². The van der Waals surface area contributed by atoms with Gasteiger partial charge in [0, 0.05) is 19.3 Å². The van der Waals surface area contributed by atoms with Gasteiger partial charge in [-0.15, -0.1) is 0 Å². The summed E-state index contributed by atoms with van der Waals surface area (Å²) < 4.78 is 0. The molecule has 0 aliphatic rings. The second-order valence-corrected chi connectivity index (χ2v) is 4.82.